The molecule has 0 unspecified atom stereocenters. The Bertz CT molecular complexity index is 3610. The zero-order chi connectivity index (χ0) is 41.0. The number of hydrogen-bond acceptors (Lipinski definition) is 2. The van der Waals surface area contributed by atoms with E-state index in [2.05, 4.69) is 229 Å². The summed E-state index contributed by atoms with van der Waals surface area (Å²) in [5.41, 5.74) is 14.3. The van der Waals surface area contributed by atoms with E-state index in [0.717, 1.165) is 66.8 Å². The van der Waals surface area contributed by atoms with Gasteiger partial charge in [0.2, 0.25) is 0 Å². The maximum atomic E-state index is 6.49. The molecule has 0 aliphatic heterocycles. The monoisotopic (exact) mass is 789 g/mol. The molecule has 2 nitrogen and oxygen atoms in total. The van der Waals surface area contributed by atoms with Gasteiger partial charge in [0.1, 0.15) is 11.2 Å². The number of rotatable bonds is 7. The number of fused-ring (bicyclic) bond motifs is 7. The Labute approximate surface area is 360 Å². The van der Waals surface area contributed by atoms with Gasteiger partial charge in [-0.05, 0) is 102 Å². The molecule has 0 saturated carbocycles. The molecule has 0 radical (unpaired) electrons. The Balaban J connectivity index is 1.06. The molecular formula is C60H39NO. The molecule has 0 saturated heterocycles. The molecule has 11 aromatic carbocycles. The summed E-state index contributed by atoms with van der Waals surface area (Å²) >= 11 is 0. The fourth-order valence-corrected chi connectivity index (χ4v) is 9.50. The van der Waals surface area contributed by atoms with Crippen molar-refractivity contribution in [3.05, 3.63) is 237 Å². The molecule has 62 heavy (non-hydrogen) atoms. The zero-order valence-corrected chi connectivity index (χ0v) is 33.9. The van der Waals surface area contributed by atoms with E-state index in [4.69, 9.17) is 4.42 Å². The van der Waals surface area contributed by atoms with E-state index in [1.807, 2.05) is 12.1 Å². The SMILES string of the molecule is c1ccc(-c2ccc(-c3cccc4c3ccc3ccccc34)cc2N(c2ccc(-c3cccc4ccccc34)cc2)c2ccc(-c3cccc4c3oc3ccccc34)cc2)cc1. The van der Waals surface area contributed by atoms with Gasteiger partial charge in [0, 0.05) is 33.3 Å². The molecule has 0 bridgehead atoms. The van der Waals surface area contributed by atoms with Gasteiger partial charge in [0.25, 0.3) is 0 Å². The third kappa shape index (κ3) is 6.04. The first-order chi connectivity index (χ1) is 30.7. The van der Waals surface area contributed by atoms with Crippen LogP contribution in [0.15, 0.2) is 241 Å². The normalized spacial score (nSPS) is 11.5. The van der Waals surface area contributed by atoms with E-state index in [1.54, 1.807) is 0 Å². The van der Waals surface area contributed by atoms with E-state index in [1.165, 1.54) is 49.0 Å². The maximum Gasteiger partial charge on any atom is 0.143 e. The van der Waals surface area contributed by atoms with Crippen LogP contribution in [0.2, 0.25) is 0 Å². The van der Waals surface area contributed by atoms with Crippen LogP contribution in [0.1, 0.15) is 0 Å². The van der Waals surface area contributed by atoms with Crippen molar-refractivity contribution in [2.24, 2.45) is 0 Å². The summed E-state index contributed by atoms with van der Waals surface area (Å²) in [4.78, 5) is 2.42. The van der Waals surface area contributed by atoms with Crippen LogP contribution >= 0.6 is 0 Å². The third-order valence-corrected chi connectivity index (χ3v) is 12.5. The first-order valence-electron chi connectivity index (χ1n) is 21.2. The molecule has 1 aromatic heterocycles. The molecule has 290 valence electrons. The average molecular weight is 790 g/mol. The van der Waals surface area contributed by atoms with E-state index in [-0.39, 0.29) is 0 Å². The first kappa shape index (κ1) is 35.7. The van der Waals surface area contributed by atoms with Crippen molar-refractivity contribution in [1.82, 2.24) is 0 Å². The van der Waals surface area contributed by atoms with Crippen molar-refractivity contribution in [1.29, 1.82) is 0 Å². The molecule has 1 heterocycles. The lowest BCUT2D eigenvalue weighted by atomic mass is 9.92. The molecule has 0 fully saturated rings. The molecule has 12 rings (SSSR count). The van der Waals surface area contributed by atoms with Crippen LogP contribution in [-0.2, 0) is 0 Å². The lowest BCUT2D eigenvalue weighted by Crippen LogP contribution is -2.11. The van der Waals surface area contributed by atoms with Crippen LogP contribution in [0.5, 0.6) is 0 Å². The van der Waals surface area contributed by atoms with Gasteiger partial charge < -0.3 is 9.32 Å². The minimum Gasteiger partial charge on any atom is -0.455 e. The summed E-state index contributed by atoms with van der Waals surface area (Å²) in [5.74, 6) is 0. The molecule has 0 amide bonds. The fourth-order valence-electron chi connectivity index (χ4n) is 9.50. The van der Waals surface area contributed by atoms with Gasteiger partial charge >= 0.3 is 0 Å². The lowest BCUT2D eigenvalue weighted by Gasteiger charge is -2.29. The van der Waals surface area contributed by atoms with Crippen LogP contribution in [0, 0.1) is 0 Å². The van der Waals surface area contributed by atoms with Gasteiger partial charge in [0.05, 0.1) is 5.69 Å². The van der Waals surface area contributed by atoms with Crippen molar-refractivity contribution in [2.45, 2.75) is 0 Å². The summed E-state index contributed by atoms with van der Waals surface area (Å²) in [5, 5.41) is 9.74. The minimum absolute atomic E-state index is 0.900. The van der Waals surface area contributed by atoms with Crippen LogP contribution in [0.3, 0.4) is 0 Å². The highest BCUT2D eigenvalue weighted by Crippen LogP contribution is 2.46. The second-order valence-electron chi connectivity index (χ2n) is 16.0. The number of anilines is 3. The largest absolute Gasteiger partial charge is 0.455 e. The molecule has 0 spiro atoms. The molecule has 0 aliphatic carbocycles. The molecule has 2 heteroatoms. The number of para-hydroxylation sites is 2. The molecule has 0 aliphatic rings. The second kappa shape index (κ2) is 14.8. The summed E-state index contributed by atoms with van der Waals surface area (Å²) in [7, 11) is 0. The highest BCUT2D eigenvalue weighted by atomic mass is 16.3. The Morgan fingerprint density at radius 2 is 0.790 bits per heavy atom. The standard InChI is InChI=1S/C60H39NO/c1-2-13-41(14-3-1)52-37-32-45(51-22-11-24-54-50-19-7-5-16-42(50)31-38-55(51)54)39-58(52)61(46-33-27-43(28-34-46)49-21-10-17-40-15-4-6-18-48(40)49)47-35-29-44(30-36-47)53-23-12-25-57-56-20-8-9-26-59(56)62-60(53)57/h1-39H. The minimum atomic E-state index is 0.900. The van der Waals surface area contributed by atoms with Crippen molar-refractivity contribution in [3.63, 3.8) is 0 Å². The van der Waals surface area contributed by atoms with Crippen LogP contribution in [0.25, 0.3) is 98.8 Å². The quantitative estimate of drug-likeness (QED) is 0.150. The Kier molecular flexibility index (Phi) is 8.53. The van der Waals surface area contributed by atoms with Gasteiger partial charge in [-0.2, -0.15) is 0 Å². The van der Waals surface area contributed by atoms with Crippen LogP contribution in [0.4, 0.5) is 17.1 Å². The highest BCUT2D eigenvalue weighted by Gasteiger charge is 2.21. The lowest BCUT2D eigenvalue weighted by molar-refractivity contribution is 0.670. The Hall–Kier alpha value is -8.20. The van der Waals surface area contributed by atoms with E-state index in [0.29, 0.717) is 0 Å². The predicted molar refractivity (Wildman–Crippen MR) is 263 cm³/mol. The smallest absolute Gasteiger partial charge is 0.143 e. The van der Waals surface area contributed by atoms with Crippen LogP contribution in [-0.4, -0.2) is 0 Å². The summed E-state index contributed by atoms with van der Waals surface area (Å²) < 4.78 is 6.49. The number of furan rings is 1. The number of hydrogen-bond donors (Lipinski definition) is 0. The van der Waals surface area contributed by atoms with Gasteiger partial charge in [-0.15, -0.1) is 0 Å². The van der Waals surface area contributed by atoms with Crippen LogP contribution < -0.4 is 4.90 Å². The van der Waals surface area contributed by atoms with Crippen molar-refractivity contribution in [3.8, 4) is 44.5 Å². The summed E-state index contributed by atoms with van der Waals surface area (Å²) in [6.07, 6.45) is 0. The summed E-state index contributed by atoms with van der Waals surface area (Å²) in [6, 6.07) is 85.6. The maximum absolute atomic E-state index is 6.49. The molecule has 0 N–H and O–H groups in total. The molecule has 12 aromatic rings. The predicted octanol–water partition coefficient (Wildman–Crippen LogP) is 17.2. The highest BCUT2D eigenvalue weighted by molar-refractivity contribution is 6.13. The van der Waals surface area contributed by atoms with Crippen molar-refractivity contribution in [2.75, 3.05) is 4.90 Å². The zero-order valence-electron chi connectivity index (χ0n) is 33.9. The first-order valence-corrected chi connectivity index (χ1v) is 21.2. The van der Waals surface area contributed by atoms with Gasteiger partial charge in [-0.1, -0.05) is 200 Å². The van der Waals surface area contributed by atoms with Crippen molar-refractivity contribution >= 4 is 71.3 Å². The van der Waals surface area contributed by atoms with Gasteiger partial charge in [-0.25, -0.2) is 0 Å². The van der Waals surface area contributed by atoms with Gasteiger partial charge in [0.15, 0.2) is 0 Å². The Morgan fingerprint density at radius 3 is 1.55 bits per heavy atom. The fraction of sp³-hybridized carbons (Fsp3) is 0. The van der Waals surface area contributed by atoms with Crippen molar-refractivity contribution < 1.29 is 4.42 Å². The second-order valence-corrected chi connectivity index (χ2v) is 16.0. The third-order valence-electron chi connectivity index (χ3n) is 12.5. The Morgan fingerprint density at radius 1 is 0.274 bits per heavy atom. The van der Waals surface area contributed by atoms with Gasteiger partial charge in [-0.3, -0.25) is 0 Å². The summed E-state index contributed by atoms with van der Waals surface area (Å²) in [6.45, 7) is 0. The van der Waals surface area contributed by atoms with E-state index >= 15 is 0 Å². The van der Waals surface area contributed by atoms with E-state index < -0.39 is 0 Å². The topological polar surface area (TPSA) is 16.4 Å². The number of nitrogens with zero attached hydrogens (tertiary/aromatic N) is 1. The molecular weight excluding hydrogens is 751 g/mol. The average Bonchev–Trinajstić information content (AvgIpc) is 3.74. The van der Waals surface area contributed by atoms with E-state index in [9.17, 15) is 0 Å². The molecule has 0 atom stereocenters. The number of benzene rings is 11.